The maximum absolute atomic E-state index is 12.9. The van der Waals surface area contributed by atoms with Gasteiger partial charge in [-0.2, -0.15) is 0 Å². The Morgan fingerprint density at radius 3 is 2.44 bits per heavy atom. The third kappa shape index (κ3) is 5.61. The monoisotopic (exact) mass is 253 g/mol. The van der Waals surface area contributed by atoms with Crippen LogP contribution in [0.2, 0.25) is 0 Å². The molecule has 0 amide bonds. The molecule has 1 unspecified atom stereocenters. The Morgan fingerprint density at radius 1 is 1.22 bits per heavy atom. The van der Waals surface area contributed by atoms with Gasteiger partial charge in [0.2, 0.25) is 0 Å². The van der Waals surface area contributed by atoms with Crippen molar-refractivity contribution >= 4 is 0 Å². The quantitative estimate of drug-likeness (QED) is 0.767. The SMILES string of the molecule is CCNCC(CCOC(C)C)c1ccc(F)cc1. The van der Waals surface area contributed by atoms with Crippen molar-refractivity contribution < 1.29 is 9.13 Å². The van der Waals surface area contributed by atoms with Gasteiger partial charge in [-0.15, -0.1) is 0 Å². The highest BCUT2D eigenvalue weighted by atomic mass is 19.1. The fourth-order valence-corrected chi connectivity index (χ4v) is 1.89. The standard InChI is InChI=1S/C15H24FNO/c1-4-17-11-14(9-10-18-12(2)3)13-5-7-15(16)8-6-13/h5-8,12,14,17H,4,9-11H2,1-3H3. The van der Waals surface area contributed by atoms with Crippen molar-refractivity contribution in [2.45, 2.75) is 39.2 Å². The summed E-state index contributed by atoms with van der Waals surface area (Å²) in [6.45, 7) is 8.76. The predicted octanol–water partition coefficient (Wildman–Crippen LogP) is 3.33. The van der Waals surface area contributed by atoms with Crippen LogP contribution in [0.1, 0.15) is 38.7 Å². The van der Waals surface area contributed by atoms with Gasteiger partial charge in [-0.25, -0.2) is 4.39 Å². The van der Waals surface area contributed by atoms with Crippen LogP contribution < -0.4 is 5.32 Å². The number of nitrogens with one attached hydrogen (secondary N) is 1. The van der Waals surface area contributed by atoms with E-state index in [1.807, 2.05) is 26.0 Å². The molecule has 0 radical (unpaired) electrons. The van der Waals surface area contributed by atoms with E-state index >= 15 is 0 Å². The van der Waals surface area contributed by atoms with Gasteiger partial charge in [0.25, 0.3) is 0 Å². The molecular formula is C15H24FNO. The van der Waals surface area contributed by atoms with E-state index in [0.29, 0.717) is 5.92 Å². The molecule has 18 heavy (non-hydrogen) atoms. The van der Waals surface area contributed by atoms with Crippen LogP contribution in [-0.4, -0.2) is 25.8 Å². The smallest absolute Gasteiger partial charge is 0.123 e. The van der Waals surface area contributed by atoms with E-state index in [1.165, 1.54) is 17.7 Å². The lowest BCUT2D eigenvalue weighted by atomic mass is 9.96. The minimum Gasteiger partial charge on any atom is -0.379 e. The summed E-state index contributed by atoms with van der Waals surface area (Å²) < 4.78 is 18.5. The number of hydrogen-bond acceptors (Lipinski definition) is 2. The number of likely N-dealkylation sites (N-methyl/N-ethyl adjacent to an activating group) is 1. The highest BCUT2D eigenvalue weighted by Gasteiger charge is 2.11. The first-order chi connectivity index (χ1) is 8.63. The van der Waals surface area contributed by atoms with Gasteiger partial charge in [-0.1, -0.05) is 19.1 Å². The molecule has 0 saturated carbocycles. The molecule has 0 heterocycles. The normalized spacial score (nSPS) is 12.9. The van der Waals surface area contributed by atoms with E-state index in [1.54, 1.807) is 0 Å². The van der Waals surface area contributed by atoms with E-state index < -0.39 is 0 Å². The Balaban J connectivity index is 2.56. The maximum Gasteiger partial charge on any atom is 0.123 e. The highest BCUT2D eigenvalue weighted by Crippen LogP contribution is 2.19. The number of ether oxygens (including phenoxy) is 1. The highest BCUT2D eigenvalue weighted by molar-refractivity contribution is 5.20. The van der Waals surface area contributed by atoms with E-state index in [2.05, 4.69) is 12.2 Å². The fraction of sp³-hybridized carbons (Fsp3) is 0.600. The number of halogens is 1. The molecule has 1 aromatic carbocycles. The molecule has 0 bridgehead atoms. The third-order valence-electron chi connectivity index (χ3n) is 2.90. The Morgan fingerprint density at radius 2 is 1.89 bits per heavy atom. The molecule has 1 N–H and O–H groups in total. The number of rotatable bonds is 8. The summed E-state index contributed by atoms with van der Waals surface area (Å²) in [5, 5.41) is 3.35. The molecule has 3 heteroatoms. The van der Waals surface area contributed by atoms with Crippen LogP contribution in [0.15, 0.2) is 24.3 Å². The zero-order valence-corrected chi connectivity index (χ0v) is 11.6. The summed E-state index contributed by atoms with van der Waals surface area (Å²) >= 11 is 0. The van der Waals surface area contributed by atoms with Crippen molar-refractivity contribution in [1.29, 1.82) is 0 Å². The van der Waals surface area contributed by atoms with E-state index in [9.17, 15) is 4.39 Å². The lowest BCUT2D eigenvalue weighted by molar-refractivity contribution is 0.0733. The first-order valence-electron chi connectivity index (χ1n) is 6.71. The van der Waals surface area contributed by atoms with Crippen molar-refractivity contribution in [2.24, 2.45) is 0 Å². The molecule has 0 fully saturated rings. The second kappa shape index (κ2) is 8.22. The molecule has 0 saturated heterocycles. The molecule has 0 spiro atoms. The topological polar surface area (TPSA) is 21.3 Å². The minimum absolute atomic E-state index is 0.181. The van der Waals surface area contributed by atoms with Crippen LogP contribution in [0.25, 0.3) is 0 Å². The lowest BCUT2D eigenvalue weighted by Crippen LogP contribution is -2.22. The van der Waals surface area contributed by atoms with Crippen LogP contribution in [0.5, 0.6) is 0 Å². The Kier molecular flexibility index (Phi) is 6.91. The van der Waals surface area contributed by atoms with Crippen LogP contribution in [0.4, 0.5) is 4.39 Å². The fourth-order valence-electron chi connectivity index (χ4n) is 1.89. The van der Waals surface area contributed by atoms with E-state index in [0.717, 1.165) is 26.1 Å². The van der Waals surface area contributed by atoms with Crippen molar-refractivity contribution in [2.75, 3.05) is 19.7 Å². The molecule has 0 aliphatic rings. The van der Waals surface area contributed by atoms with Crippen molar-refractivity contribution in [3.05, 3.63) is 35.6 Å². The van der Waals surface area contributed by atoms with Crippen LogP contribution >= 0.6 is 0 Å². The average molecular weight is 253 g/mol. The molecule has 102 valence electrons. The molecule has 1 atom stereocenters. The Bertz CT molecular complexity index is 324. The summed E-state index contributed by atoms with van der Waals surface area (Å²) in [5.74, 6) is 0.198. The zero-order valence-electron chi connectivity index (χ0n) is 11.6. The summed E-state index contributed by atoms with van der Waals surface area (Å²) in [6, 6.07) is 6.79. The van der Waals surface area contributed by atoms with Gasteiger partial charge in [-0.3, -0.25) is 0 Å². The van der Waals surface area contributed by atoms with Crippen molar-refractivity contribution in [3.63, 3.8) is 0 Å². The van der Waals surface area contributed by atoms with Gasteiger partial charge >= 0.3 is 0 Å². The third-order valence-corrected chi connectivity index (χ3v) is 2.90. The van der Waals surface area contributed by atoms with Crippen LogP contribution in [0, 0.1) is 5.82 Å². The summed E-state index contributed by atoms with van der Waals surface area (Å²) in [4.78, 5) is 0. The first-order valence-corrected chi connectivity index (χ1v) is 6.71. The molecule has 0 aliphatic heterocycles. The van der Waals surface area contributed by atoms with Crippen LogP contribution in [0.3, 0.4) is 0 Å². The molecule has 1 aromatic rings. The molecule has 0 aromatic heterocycles. The van der Waals surface area contributed by atoms with Gasteiger partial charge in [-0.05, 0) is 50.4 Å². The second-order valence-electron chi connectivity index (χ2n) is 4.76. The molecule has 0 aliphatic carbocycles. The van der Waals surface area contributed by atoms with Crippen molar-refractivity contribution in [1.82, 2.24) is 5.32 Å². The predicted molar refractivity (Wildman–Crippen MR) is 73.4 cm³/mol. The van der Waals surface area contributed by atoms with Crippen molar-refractivity contribution in [3.8, 4) is 0 Å². The average Bonchev–Trinajstić information content (AvgIpc) is 2.34. The van der Waals surface area contributed by atoms with Gasteiger partial charge < -0.3 is 10.1 Å². The van der Waals surface area contributed by atoms with Gasteiger partial charge in [0.15, 0.2) is 0 Å². The summed E-state index contributed by atoms with van der Waals surface area (Å²) in [5.41, 5.74) is 1.17. The van der Waals surface area contributed by atoms with Gasteiger partial charge in [0.1, 0.15) is 5.82 Å². The van der Waals surface area contributed by atoms with E-state index in [-0.39, 0.29) is 11.9 Å². The van der Waals surface area contributed by atoms with Gasteiger partial charge in [0.05, 0.1) is 6.10 Å². The number of benzene rings is 1. The second-order valence-corrected chi connectivity index (χ2v) is 4.76. The summed E-state index contributed by atoms with van der Waals surface area (Å²) in [7, 11) is 0. The Labute approximate surface area is 110 Å². The molecular weight excluding hydrogens is 229 g/mol. The minimum atomic E-state index is -0.181. The summed E-state index contributed by atoms with van der Waals surface area (Å²) in [6.07, 6.45) is 1.22. The first kappa shape index (κ1) is 15.1. The van der Waals surface area contributed by atoms with Crippen LogP contribution in [-0.2, 0) is 4.74 Å². The molecule has 1 rings (SSSR count). The van der Waals surface area contributed by atoms with Gasteiger partial charge in [0, 0.05) is 13.2 Å². The maximum atomic E-state index is 12.9. The zero-order chi connectivity index (χ0) is 13.4. The number of hydrogen-bond donors (Lipinski definition) is 1. The molecule has 2 nitrogen and oxygen atoms in total. The van der Waals surface area contributed by atoms with E-state index in [4.69, 9.17) is 4.74 Å². The largest absolute Gasteiger partial charge is 0.379 e. The Hall–Kier alpha value is -0.930. The lowest BCUT2D eigenvalue weighted by Gasteiger charge is -2.18.